The molecule has 2 heterocycles. The first-order valence-corrected chi connectivity index (χ1v) is 16.7. The standard InChI is InChI=1S/C37H41N11O4/c1-39-37(51)45-36(38)41-19-10-17-33(35(50)47(23-27-11-4-2-5-12-27)24-28-13-6-3-7-14-28)44-34(49)25-48-30(22-42-46-48)26-52-43-21-29-18-20-40-32-16-9-8-15-31(29)32/h2-9,11-16,18,20-22,33H,10,17,19,23-26H2,1H3,(H,44,49)(H4,38,39,41,45,51)/b43-21+/t33-/m0/s1. The number of para-hydroxylation sites is 1. The molecule has 52 heavy (non-hydrogen) atoms. The summed E-state index contributed by atoms with van der Waals surface area (Å²) in [7, 11) is 1.47. The molecule has 4 amide bonds. The van der Waals surface area contributed by atoms with Crippen molar-refractivity contribution in [2.24, 2.45) is 15.9 Å². The third-order valence-electron chi connectivity index (χ3n) is 7.93. The number of nitrogens with zero attached hydrogens (tertiary/aromatic N) is 7. The van der Waals surface area contributed by atoms with Gasteiger partial charge in [0.05, 0.1) is 23.6 Å². The first kappa shape index (κ1) is 36.6. The van der Waals surface area contributed by atoms with E-state index < -0.39 is 18.0 Å². The van der Waals surface area contributed by atoms with E-state index in [4.69, 9.17) is 10.6 Å². The van der Waals surface area contributed by atoms with Crippen LogP contribution in [0, 0.1) is 0 Å². The highest BCUT2D eigenvalue weighted by molar-refractivity contribution is 5.97. The maximum Gasteiger partial charge on any atom is 0.321 e. The lowest BCUT2D eigenvalue weighted by molar-refractivity contribution is -0.138. The summed E-state index contributed by atoms with van der Waals surface area (Å²) in [6.45, 7) is 0.686. The average Bonchev–Trinajstić information content (AvgIpc) is 3.61. The third-order valence-corrected chi connectivity index (χ3v) is 7.93. The number of nitrogens with one attached hydrogen (secondary N) is 3. The lowest BCUT2D eigenvalue weighted by atomic mass is 10.1. The van der Waals surface area contributed by atoms with Crippen LogP contribution in [-0.4, -0.2) is 74.5 Å². The van der Waals surface area contributed by atoms with Gasteiger partial charge in [-0.2, -0.15) is 0 Å². The highest BCUT2D eigenvalue weighted by Crippen LogP contribution is 2.16. The summed E-state index contributed by atoms with van der Waals surface area (Å²) < 4.78 is 1.40. The molecule has 0 unspecified atom stereocenters. The Balaban J connectivity index is 1.26. The summed E-state index contributed by atoms with van der Waals surface area (Å²) in [5.74, 6) is -0.762. The van der Waals surface area contributed by atoms with Gasteiger partial charge in [0, 0.05) is 43.8 Å². The summed E-state index contributed by atoms with van der Waals surface area (Å²) in [5.41, 5.74) is 9.90. The molecule has 0 spiro atoms. The number of amides is 4. The van der Waals surface area contributed by atoms with Crippen molar-refractivity contribution in [3.8, 4) is 0 Å². The van der Waals surface area contributed by atoms with E-state index in [9.17, 15) is 14.4 Å². The first-order chi connectivity index (χ1) is 25.4. The number of fused-ring (bicyclic) bond motifs is 1. The quantitative estimate of drug-likeness (QED) is 0.0521. The summed E-state index contributed by atoms with van der Waals surface area (Å²) in [6, 6.07) is 27.5. The van der Waals surface area contributed by atoms with Crippen LogP contribution >= 0.6 is 0 Å². The van der Waals surface area contributed by atoms with Crippen LogP contribution in [0.5, 0.6) is 0 Å². The summed E-state index contributed by atoms with van der Waals surface area (Å²) in [5, 5.41) is 20.8. The smallest absolute Gasteiger partial charge is 0.321 e. The average molecular weight is 704 g/mol. The second kappa shape index (κ2) is 18.9. The molecule has 0 fully saturated rings. The lowest BCUT2D eigenvalue weighted by Gasteiger charge is -2.28. The second-order valence-electron chi connectivity index (χ2n) is 11.7. The molecule has 0 saturated heterocycles. The van der Waals surface area contributed by atoms with E-state index >= 15 is 0 Å². The van der Waals surface area contributed by atoms with Crippen molar-refractivity contribution < 1.29 is 19.2 Å². The molecule has 0 aliphatic rings. The molecule has 0 bridgehead atoms. The maximum absolute atomic E-state index is 14.3. The fourth-order valence-electron chi connectivity index (χ4n) is 5.34. The number of carbonyl (C=O) groups excluding carboxylic acids is 3. The molecule has 0 aliphatic heterocycles. The van der Waals surface area contributed by atoms with Gasteiger partial charge in [0.15, 0.2) is 12.6 Å². The molecule has 1 atom stereocenters. The minimum atomic E-state index is -0.897. The molecule has 268 valence electrons. The summed E-state index contributed by atoms with van der Waals surface area (Å²) in [6.07, 6.45) is 5.45. The van der Waals surface area contributed by atoms with Gasteiger partial charge in [-0.15, -0.1) is 5.10 Å². The minimum Gasteiger partial charge on any atom is -0.389 e. The zero-order valence-electron chi connectivity index (χ0n) is 28.8. The third kappa shape index (κ3) is 10.9. The molecule has 2 aromatic heterocycles. The number of urea groups is 1. The minimum absolute atomic E-state index is 0.00754. The molecule has 0 radical (unpaired) electrons. The van der Waals surface area contributed by atoms with E-state index in [1.54, 1.807) is 17.3 Å². The van der Waals surface area contributed by atoms with E-state index in [-0.39, 0.29) is 38.0 Å². The Kier molecular flexibility index (Phi) is 13.3. The number of benzene rings is 3. The van der Waals surface area contributed by atoms with Crippen molar-refractivity contribution in [1.82, 2.24) is 40.8 Å². The van der Waals surface area contributed by atoms with Crippen molar-refractivity contribution in [3.63, 3.8) is 0 Å². The molecule has 0 aliphatic carbocycles. The topological polar surface area (TPSA) is 194 Å². The van der Waals surface area contributed by atoms with Crippen molar-refractivity contribution in [3.05, 3.63) is 126 Å². The Labute approximate surface area is 301 Å². The molecule has 5 aromatic rings. The fourth-order valence-corrected chi connectivity index (χ4v) is 5.34. The number of rotatable bonds is 16. The lowest BCUT2D eigenvalue weighted by Crippen LogP contribution is -2.49. The SMILES string of the molecule is CNC(=O)NC(N)=NCCC[C@H](NC(=O)Cn1nncc1CO/N=C/c1ccnc2ccccc12)C(=O)N(Cc1ccccc1)Cc1ccccc1. The molecular weight excluding hydrogens is 662 g/mol. The Hall–Kier alpha value is -6.64. The number of aromatic nitrogens is 4. The monoisotopic (exact) mass is 703 g/mol. The largest absolute Gasteiger partial charge is 0.389 e. The van der Waals surface area contributed by atoms with Crippen LogP contribution in [0.15, 0.2) is 114 Å². The van der Waals surface area contributed by atoms with Crippen molar-refractivity contribution in [2.45, 2.75) is 45.1 Å². The van der Waals surface area contributed by atoms with E-state index in [2.05, 4.69) is 41.4 Å². The summed E-state index contributed by atoms with van der Waals surface area (Å²) in [4.78, 5) is 55.1. The fraction of sp³-hybridized carbons (Fsp3) is 0.243. The zero-order chi connectivity index (χ0) is 36.5. The Morgan fingerprint density at radius 3 is 2.37 bits per heavy atom. The summed E-state index contributed by atoms with van der Waals surface area (Å²) >= 11 is 0. The van der Waals surface area contributed by atoms with Gasteiger partial charge < -0.3 is 26.1 Å². The molecule has 0 saturated carbocycles. The van der Waals surface area contributed by atoms with Gasteiger partial charge >= 0.3 is 6.03 Å². The predicted octanol–water partition coefficient (Wildman–Crippen LogP) is 3.11. The van der Waals surface area contributed by atoms with Gasteiger partial charge in [-0.3, -0.25) is 24.9 Å². The van der Waals surface area contributed by atoms with E-state index in [1.165, 1.54) is 17.9 Å². The van der Waals surface area contributed by atoms with Crippen molar-refractivity contribution in [1.29, 1.82) is 0 Å². The zero-order valence-corrected chi connectivity index (χ0v) is 28.8. The Morgan fingerprint density at radius 1 is 0.962 bits per heavy atom. The molecule has 15 nitrogen and oxygen atoms in total. The first-order valence-electron chi connectivity index (χ1n) is 16.7. The van der Waals surface area contributed by atoms with Crippen LogP contribution in [-0.2, 0) is 40.7 Å². The normalized spacial score (nSPS) is 12.0. The van der Waals surface area contributed by atoms with Gasteiger partial charge in [-0.05, 0) is 36.1 Å². The van der Waals surface area contributed by atoms with Crippen molar-refractivity contribution >= 4 is 40.9 Å². The number of guanidine groups is 1. The molecule has 3 aromatic carbocycles. The number of hydrogen-bond acceptors (Lipinski definition) is 9. The van der Waals surface area contributed by atoms with Crippen LogP contribution in [0.1, 0.15) is 35.2 Å². The van der Waals surface area contributed by atoms with Crippen LogP contribution in [0.2, 0.25) is 0 Å². The molecular formula is C37H41N11O4. The Morgan fingerprint density at radius 2 is 1.65 bits per heavy atom. The number of aliphatic imine (C=N–C) groups is 1. The number of carbonyl (C=O) groups is 3. The van der Waals surface area contributed by atoms with E-state index in [1.807, 2.05) is 91.0 Å². The predicted molar refractivity (Wildman–Crippen MR) is 197 cm³/mol. The van der Waals surface area contributed by atoms with Gasteiger partial charge in [-0.25, -0.2) is 9.48 Å². The number of hydrogen-bond donors (Lipinski definition) is 4. The van der Waals surface area contributed by atoms with Crippen molar-refractivity contribution in [2.75, 3.05) is 13.6 Å². The number of pyridine rings is 1. The maximum atomic E-state index is 14.3. The highest BCUT2D eigenvalue weighted by Gasteiger charge is 2.27. The molecule has 15 heteroatoms. The molecule has 5 rings (SSSR count). The van der Waals surface area contributed by atoms with Gasteiger partial charge in [0.25, 0.3) is 0 Å². The Bertz CT molecular complexity index is 1940. The van der Waals surface area contributed by atoms with Gasteiger partial charge in [-0.1, -0.05) is 89.2 Å². The molecule has 5 N–H and O–H groups in total. The van der Waals surface area contributed by atoms with Gasteiger partial charge in [0.2, 0.25) is 11.8 Å². The van der Waals surface area contributed by atoms with E-state index in [0.29, 0.717) is 25.2 Å². The van der Waals surface area contributed by atoms with Crippen LogP contribution in [0.4, 0.5) is 4.79 Å². The van der Waals surface area contributed by atoms with Crippen LogP contribution < -0.4 is 21.7 Å². The number of oxime groups is 1. The highest BCUT2D eigenvalue weighted by atomic mass is 16.6. The van der Waals surface area contributed by atoms with Gasteiger partial charge in [0.1, 0.15) is 12.6 Å². The number of nitrogens with two attached hydrogens (primary N) is 1. The second-order valence-corrected chi connectivity index (χ2v) is 11.7. The van der Waals surface area contributed by atoms with Crippen LogP contribution in [0.3, 0.4) is 0 Å². The van der Waals surface area contributed by atoms with E-state index in [0.717, 1.165) is 27.6 Å². The van der Waals surface area contributed by atoms with Crippen LogP contribution in [0.25, 0.3) is 10.9 Å².